The van der Waals surface area contributed by atoms with Crippen LogP contribution in [0.2, 0.25) is 0 Å². The van der Waals surface area contributed by atoms with Crippen LogP contribution < -0.4 is 14.2 Å². The molecule has 1 atom stereocenters. The zero-order valence-corrected chi connectivity index (χ0v) is 16.5. The average Bonchev–Trinajstić information content (AvgIpc) is 2.96. The van der Waals surface area contributed by atoms with Crippen LogP contribution in [-0.2, 0) is 17.8 Å². The maximum absolute atomic E-state index is 13.1. The zero-order valence-electron chi connectivity index (χ0n) is 15.7. The largest absolute Gasteiger partial charge is 0.493 e. The number of methoxy groups -OCH3 is 3. The Kier molecular flexibility index (Phi) is 6.08. The van der Waals surface area contributed by atoms with Gasteiger partial charge in [-0.05, 0) is 41.8 Å². The first-order chi connectivity index (χ1) is 13.5. The lowest BCUT2D eigenvalue weighted by Gasteiger charge is -2.16. The summed E-state index contributed by atoms with van der Waals surface area (Å²) in [5.41, 5.74) is 1.48. The lowest BCUT2D eigenvalue weighted by atomic mass is 10.1. The lowest BCUT2D eigenvalue weighted by Crippen LogP contribution is -2.31. The van der Waals surface area contributed by atoms with E-state index in [9.17, 15) is 14.0 Å². The lowest BCUT2D eigenvalue weighted by molar-refractivity contribution is -0.127. The molecule has 0 bridgehead atoms. The molecule has 2 amide bonds. The molecule has 2 aromatic rings. The number of ether oxygens (including phenoxy) is 3. The number of imide groups is 1. The Bertz CT molecular complexity index is 862. The van der Waals surface area contributed by atoms with E-state index in [4.69, 9.17) is 14.2 Å². The third kappa shape index (κ3) is 4.06. The number of hydrogen-bond acceptors (Lipinski definition) is 6. The Morgan fingerprint density at radius 2 is 1.57 bits per heavy atom. The van der Waals surface area contributed by atoms with Gasteiger partial charge in [0.15, 0.2) is 11.5 Å². The summed E-state index contributed by atoms with van der Waals surface area (Å²) >= 11 is 0.986. The van der Waals surface area contributed by atoms with Crippen molar-refractivity contribution in [2.75, 3.05) is 21.3 Å². The molecular formula is C20H20FNO5S. The highest BCUT2D eigenvalue weighted by Gasteiger charge is 2.39. The number of halogens is 1. The normalized spacial score (nSPS) is 16.4. The van der Waals surface area contributed by atoms with Gasteiger partial charge in [0.1, 0.15) is 5.82 Å². The van der Waals surface area contributed by atoms with Crippen LogP contribution in [0.3, 0.4) is 0 Å². The number of rotatable bonds is 7. The van der Waals surface area contributed by atoms with Crippen LogP contribution >= 0.6 is 11.8 Å². The van der Waals surface area contributed by atoms with Crippen molar-refractivity contribution >= 4 is 22.9 Å². The number of amides is 2. The van der Waals surface area contributed by atoms with Gasteiger partial charge in [0.05, 0.1) is 33.1 Å². The molecule has 1 aliphatic heterocycles. The predicted octanol–water partition coefficient (Wildman–Crippen LogP) is 3.66. The maximum Gasteiger partial charge on any atom is 0.289 e. The van der Waals surface area contributed by atoms with Crippen LogP contribution in [0.25, 0.3) is 0 Å². The molecule has 0 aromatic heterocycles. The molecular weight excluding hydrogens is 385 g/mol. The van der Waals surface area contributed by atoms with Crippen LogP contribution in [-0.4, -0.2) is 42.6 Å². The molecule has 8 heteroatoms. The van der Waals surface area contributed by atoms with Crippen molar-refractivity contribution in [3.05, 3.63) is 53.3 Å². The molecule has 1 aliphatic rings. The van der Waals surface area contributed by atoms with Crippen molar-refractivity contribution in [2.24, 2.45) is 0 Å². The fourth-order valence-corrected chi connectivity index (χ4v) is 4.04. The van der Waals surface area contributed by atoms with Crippen molar-refractivity contribution in [2.45, 2.75) is 18.2 Å². The van der Waals surface area contributed by atoms with Gasteiger partial charge < -0.3 is 14.2 Å². The van der Waals surface area contributed by atoms with Crippen LogP contribution in [0.1, 0.15) is 11.1 Å². The summed E-state index contributed by atoms with van der Waals surface area (Å²) in [6.45, 7) is 0.122. The van der Waals surface area contributed by atoms with Crippen LogP contribution in [0.4, 0.5) is 9.18 Å². The highest BCUT2D eigenvalue weighted by molar-refractivity contribution is 8.15. The summed E-state index contributed by atoms with van der Waals surface area (Å²) in [4.78, 5) is 26.3. The third-order valence-corrected chi connectivity index (χ3v) is 5.48. The molecule has 0 radical (unpaired) electrons. The van der Waals surface area contributed by atoms with Crippen molar-refractivity contribution in [3.63, 3.8) is 0 Å². The minimum absolute atomic E-state index is 0.122. The monoisotopic (exact) mass is 405 g/mol. The first-order valence-corrected chi connectivity index (χ1v) is 9.40. The van der Waals surface area contributed by atoms with Crippen molar-refractivity contribution in [1.82, 2.24) is 4.90 Å². The Hall–Kier alpha value is -2.74. The van der Waals surface area contributed by atoms with Crippen LogP contribution in [0, 0.1) is 5.82 Å². The van der Waals surface area contributed by atoms with E-state index in [0.717, 1.165) is 17.3 Å². The third-order valence-electron chi connectivity index (χ3n) is 4.40. The zero-order chi connectivity index (χ0) is 20.3. The Balaban J connectivity index is 1.77. The van der Waals surface area contributed by atoms with Crippen molar-refractivity contribution in [3.8, 4) is 17.2 Å². The molecule has 0 spiro atoms. The van der Waals surface area contributed by atoms with Crippen molar-refractivity contribution < 1.29 is 28.2 Å². The molecule has 1 saturated heterocycles. The molecule has 0 saturated carbocycles. The van der Waals surface area contributed by atoms with Crippen molar-refractivity contribution in [1.29, 1.82) is 0 Å². The summed E-state index contributed by atoms with van der Waals surface area (Å²) in [7, 11) is 4.55. The van der Waals surface area contributed by atoms with Gasteiger partial charge in [-0.3, -0.25) is 14.5 Å². The second-order valence-corrected chi connectivity index (χ2v) is 7.31. The van der Waals surface area contributed by atoms with E-state index in [1.807, 2.05) is 0 Å². The quantitative estimate of drug-likeness (QED) is 0.701. The fourth-order valence-electron chi connectivity index (χ4n) is 3.01. The maximum atomic E-state index is 13.1. The average molecular weight is 405 g/mol. The van der Waals surface area contributed by atoms with Gasteiger partial charge in [0, 0.05) is 0 Å². The number of hydrogen-bond donors (Lipinski definition) is 0. The molecule has 148 valence electrons. The molecule has 1 heterocycles. The topological polar surface area (TPSA) is 65.1 Å². The molecule has 2 aromatic carbocycles. The van der Waals surface area contributed by atoms with Gasteiger partial charge in [-0.2, -0.15) is 0 Å². The van der Waals surface area contributed by atoms with E-state index in [1.165, 1.54) is 38.4 Å². The Morgan fingerprint density at radius 1 is 0.964 bits per heavy atom. The summed E-state index contributed by atoms with van der Waals surface area (Å²) in [6, 6.07) is 9.27. The standard InChI is InChI=1S/C20H20FNO5S/c1-25-15-8-13(9-16(26-2)18(15)27-3)10-17-19(23)22(20(24)28-17)11-12-4-6-14(21)7-5-12/h4-9,17H,10-11H2,1-3H3/t17-/m1/s1. The number of nitrogens with zero attached hydrogens (tertiary/aromatic N) is 1. The summed E-state index contributed by atoms with van der Waals surface area (Å²) in [5.74, 6) is 0.808. The molecule has 6 nitrogen and oxygen atoms in total. The summed E-state index contributed by atoms with van der Waals surface area (Å²) in [6.07, 6.45) is 0.339. The summed E-state index contributed by atoms with van der Waals surface area (Å²) < 4.78 is 29.0. The molecule has 0 N–H and O–H groups in total. The van der Waals surface area contributed by atoms with Gasteiger partial charge >= 0.3 is 0 Å². The second-order valence-electron chi connectivity index (χ2n) is 6.16. The fraction of sp³-hybridized carbons (Fsp3) is 0.300. The van der Waals surface area contributed by atoms with Gasteiger partial charge in [-0.25, -0.2) is 4.39 Å². The predicted molar refractivity (Wildman–Crippen MR) is 104 cm³/mol. The molecule has 1 fully saturated rings. The molecule has 3 rings (SSSR count). The minimum atomic E-state index is -0.546. The Morgan fingerprint density at radius 3 is 2.11 bits per heavy atom. The van der Waals surface area contributed by atoms with E-state index in [2.05, 4.69) is 0 Å². The highest BCUT2D eigenvalue weighted by Crippen LogP contribution is 2.40. The number of benzene rings is 2. The first-order valence-electron chi connectivity index (χ1n) is 8.52. The summed E-state index contributed by atoms with van der Waals surface area (Å²) in [5, 5.41) is -0.859. The molecule has 0 aliphatic carbocycles. The van der Waals surface area contributed by atoms with E-state index in [1.54, 1.807) is 24.3 Å². The van der Waals surface area contributed by atoms with E-state index >= 15 is 0 Å². The minimum Gasteiger partial charge on any atom is -0.493 e. The Labute approximate surface area is 166 Å². The smallest absolute Gasteiger partial charge is 0.289 e. The number of thioether (sulfide) groups is 1. The molecule has 0 unspecified atom stereocenters. The van der Waals surface area contributed by atoms with Gasteiger partial charge in [0.25, 0.3) is 5.24 Å². The van der Waals surface area contributed by atoms with E-state index in [0.29, 0.717) is 29.2 Å². The highest BCUT2D eigenvalue weighted by atomic mass is 32.2. The van der Waals surface area contributed by atoms with Crippen LogP contribution in [0.15, 0.2) is 36.4 Å². The van der Waals surface area contributed by atoms with E-state index < -0.39 is 5.25 Å². The first kappa shape index (κ1) is 20.0. The SMILES string of the molecule is COc1cc(C[C@H]2SC(=O)N(Cc3ccc(F)cc3)C2=O)cc(OC)c1OC. The second kappa shape index (κ2) is 8.52. The van der Waals surface area contributed by atoms with Gasteiger partial charge in [-0.15, -0.1) is 0 Å². The van der Waals surface area contributed by atoms with E-state index in [-0.39, 0.29) is 23.5 Å². The van der Waals surface area contributed by atoms with Gasteiger partial charge in [0.2, 0.25) is 11.7 Å². The van der Waals surface area contributed by atoms with Gasteiger partial charge in [-0.1, -0.05) is 23.9 Å². The number of carbonyl (C=O) groups is 2. The molecule has 28 heavy (non-hydrogen) atoms. The van der Waals surface area contributed by atoms with Crippen LogP contribution in [0.5, 0.6) is 17.2 Å². The number of carbonyl (C=O) groups excluding carboxylic acids is 2.